The van der Waals surface area contributed by atoms with Crippen LogP contribution in [-0.2, 0) is 4.79 Å². The van der Waals surface area contributed by atoms with Crippen molar-refractivity contribution < 1.29 is 9.59 Å². The molecule has 1 aromatic carbocycles. The number of carbonyl (C=O) groups is 2. The van der Waals surface area contributed by atoms with Gasteiger partial charge in [0.2, 0.25) is 5.91 Å². The fourth-order valence-electron chi connectivity index (χ4n) is 1.62. The number of hydrazine groups is 1. The molecule has 0 atom stereocenters. The van der Waals surface area contributed by atoms with Gasteiger partial charge in [-0.2, -0.15) is 0 Å². The van der Waals surface area contributed by atoms with Crippen molar-refractivity contribution in [3.63, 3.8) is 0 Å². The summed E-state index contributed by atoms with van der Waals surface area (Å²) in [6, 6.07) is 7.48. The monoisotopic (exact) mass is 355 g/mol. The Bertz CT molecular complexity index is 743. The molecule has 2 aromatic rings. The zero-order valence-corrected chi connectivity index (χ0v) is 14.3. The molecular weight excluding hydrogens is 342 g/mol. The van der Waals surface area contributed by atoms with E-state index in [1.807, 2.05) is 24.3 Å². The van der Waals surface area contributed by atoms with Crippen molar-refractivity contribution in [3.05, 3.63) is 34.2 Å². The summed E-state index contributed by atoms with van der Waals surface area (Å²) in [6.45, 7) is 3.49. The smallest absolute Gasteiger partial charge is 0.281 e. The van der Waals surface area contributed by atoms with Gasteiger partial charge in [0.15, 0.2) is 5.11 Å². The summed E-state index contributed by atoms with van der Waals surface area (Å²) in [4.78, 5) is 24.0. The Morgan fingerprint density at radius 1 is 1.23 bits per heavy atom. The minimum atomic E-state index is -0.410. The van der Waals surface area contributed by atoms with E-state index < -0.39 is 5.91 Å². The van der Waals surface area contributed by atoms with E-state index in [9.17, 15) is 9.59 Å². The van der Waals surface area contributed by atoms with Crippen molar-refractivity contribution in [1.82, 2.24) is 16.2 Å². The molecule has 116 valence electrons. The van der Waals surface area contributed by atoms with Gasteiger partial charge in [0.1, 0.15) is 4.88 Å². The lowest BCUT2D eigenvalue weighted by Crippen LogP contribution is -2.49. The molecule has 2 amide bonds. The van der Waals surface area contributed by atoms with Gasteiger partial charge in [0, 0.05) is 16.0 Å². The largest absolute Gasteiger partial charge is 0.302 e. The van der Waals surface area contributed by atoms with Crippen molar-refractivity contribution >= 4 is 62.2 Å². The summed E-state index contributed by atoms with van der Waals surface area (Å²) >= 11 is 12.4. The van der Waals surface area contributed by atoms with Gasteiger partial charge in [-0.3, -0.25) is 20.4 Å². The van der Waals surface area contributed by atoms with Crippen LogP contribution in [0.15, 0.2) is 24.3 Å². The molecule has 0 aliphatic heterocycles. The topological polar surface area (TPSA) is 70.2 Å². The number of carbonyl (C=O) groups excluding carboxylic acids is 2. The number of rotatable bonds is 2. The van der Waals surface area contributed by atoms with Gasteiger partial charge in [0.05, 0.1) is 5.02 Å². The molecule has 5 nitrogen and oxygen atoms in total. The van der Waals surface area contributed by atoms with Gasteiger partial charge in [-0.15, -0.1) is 11.3 Å². The third kappa shape index (κ3) is 3.73. The zero-order valence-electron chi connectivity index (χ0n) is 11.9. The van der Waals surface area contributed by atoms with Crippen LogP contribution in [0.5, 0.6) is 0 Å². The number of hydrogen-bond donors (Lipinski definition) is 3. The molecule has 0 saturated heterocycles. The van der Waals surface area contributed by atoms with E-state index in [4.69, 9.17) is 23.8 Å². The van der Waals surface area contributed by atoms with Crippen LogP contribution in [0.25, 0.3) is 10.1 Å². The standard InChI is InChI=1S/C14H14ClN3O2S2/c1-7(2)12(19)16-14(21)18-17-13(20)11-10(15)8-5-3-4-6-9(8)22-11/h3-7H,1-2H3,(H,17,20)(H2,16,18,19,21). The maximum Gasteiger partial charge on any atom is 0.281 e. The predicted octanol–water partition coefficient (Wildman–Crippen LogP) is 2.85. The Labute approximate surface area is 142 Å². The van der Waals surface area contributed by atoms with E-state index in [-0.39, 0.29) is 16.9 Å². The second kappa shape index (κ2) is 7.04. The maximum absolute atomic E-state index is 12.1. The number of thiocarbonyl (C=S) groups is 1. The number of amides is 2. The van der Waals surface area contributed by atoms with E-state index in [1.54, 1.807) is 13.8 Å². The van der Waals surface area contributed by atoms with Crippen LogP contribution >= 0.6 is 35.2 Å². The lowest BCUT2D eigenvalue weighted by molar-refractivity contribution is -0.122. The first kappa shape index (κ1) is 16.7. The maximum atomic E-state index is 12.1. The molecular formula is C14H14ClN3O2S2. The Kier molecular flexibility index (Phi) is 5.33. The highest BCUT2D eigenvalue weighted by Crippen LogP contribution is 2.34. The number of nitrogens with one attached hydrogen (secondary N) is 3. The van der Waals surface area contributed by atoms with E-state index in [0.717, 1.165) is 10.1 Å². The lowest BCUT2D eigenvalue weighted by atomic mass is 10.2. The SMILES string of the molecule is CC(C)C(=O)NC(=S)NNC(=O)c1sc2ccccc2c1Cl. The van der Waals surface area contributed by atoms with Crippen molar-refractivity contribution in [3.8, 4) is 0 Å². The molecule has 1 aromatic heterocycles. The highest BCUT2D eigenvalue weighted by atomic mass is 35.5. The van der Waals surface area contributed by atoms with Gasteiger partial charge >= 0.3 is 0 Å². The Balaban J connectivity index is 2.01. The molecule has 22 heavy (non-hydrogen) atoms. The summed E-state index contributed by atoms with van der Waals surface area (Å²) in [5.74, 6) is -0.841. The van der Waals surface area contributed by atoms with Crippen LogP contribution < -0.4 is 16.2 Å². The molecule has 1 heterocycles. The Hall–Kier alpha value is -1.70. The molecule has 0 radical (unpaired) electrons. The quantitative estimate of drug-likeness (QED) is 0.572. The van der Waals surface area contributed by atoms with Crippen LogP contribution in [-0.4, -0.2) is 16.9 Å². The number of thiophene rings is 1. The molecule has 3 N–H and O–H groups in total. The number of halogens is 1. The molecule has 0 unspecified atom stereocenters. The first-order chi connectivity index (χ1) is 10.4. The Morgan fingerprint density at radius 3 is 2.55 bits per heavy atom. The normalized spacial score (nSPS) is 10.5. The zero-order chi connectivity index (χ0) is 16.3. The summed E-state index contributed by atoms with van der Waals surface area (Å²) in [5, 5.41) is 3.72. The molecule has 0 aliphatic carbocycles. The van der Waals surface area contributed by atoms with E-state index >= 15 is 0 Å². The van der Waals surface area contributed by atoms with Gasteiger partial charge in [-0.05, 0) is 18.3 Å². The average molecular weight is 356 g/mol. The van der Waals surface area contributed by atoms with Crippen molar-refractivity contribution in [1.29, 1.82) is 0 Å². The second-order valence-corrected chi connectivity index (χ2v) is 6.63. The van der Waals surface area contributed by atoms with Gasteiger partial charge in [-0.1, -0.05) is 43.6 Å². The molecule has 0 bridgehead atoms. The first-order valence-electron chi connectivity index (χ1n) is 6.48. The summed E-state index contributed by atoms with van der Waals surface area (Å²) < 4.78 is 0.924. The first-order valence-corrected chi connectivity index (χ1v) is 8.08. The fourth-order valence-corrected chi connectivity index (χ4v) is 3.18. The van der Waals surface area contributed by atoms with E-state index in [1.165, 1.54) is 11.3 Å². The summed E-state index contributed by atoms with van der Waals surface area (Å²) in [5.41, 5.74) is 4.91. The fraction of sp³-hybridized carbons (Fsp3) is 0.214. The number of benzene rings is 1. The molecule has 0 fully saturated rings. The molecule has 8 heteroatoms. The molecule has 0 aliphatic rings. The van der Waals surface area contributed by atoms with Crippen LogP contribution in [0.3, 0.4) is 0 Å². The van der Waals surface area contributed by atoms with Crippen molar-refractivity contribution in [2.45, 2.75) is 13.8 Å². The van der Waals surface area contributed by atoms with Crippen LogP contribution in [0.2, 0.25) is 5.02 Å². The van der Waals surface area contributed by atoms with Gasteiger partial charge < -0.3 is 5.32 Å². The number of fused-ring (bicyclic) bond motifs is 1. The van der Waals surface area contributed by atoms with Gasteiger partial charge in [0.25, 0.3) is 5.91 Å². The minimum absolute atomic E-state index is 0.0317. The highest BCUT2D eigenvalue weighted by molar-refractivity contribution is 7.80. The highest BCUT2D eigenvalue weighted by Gasteiger charge is 2.17. The lowest BCUT2D eigenvalue weighted by Gasteiger charge is -2.11. The van der Waals surface area contributed by atoms with Crippen LogP contribution in [0.1, 0.15) is 23.5 Å². The third-order valence-electron chi connectivity index (χ3n) is 2.79. The Morgan fingerprint density at radius 2 is 1.91 bits per heavy atom. The van der Waals surface area contributed by atoms with Crippen LogP contribution in [0.4, 0.5) is 0 Å². The number of hydrogen-bond acceptors (Lipinski definition) is 4. The third-order valence-corrected chi connectivity index (χ3v) is 4.67. The molecule has 2 rings (SSSR count). The molecule has 0 saturated carbocycles. The molecule has 0 spiro atoms. The second-order valence-electron chi connectivity index (χ2n) is 4.79. The van der Waals surface area contributed by atoms with Crippen LogP contribution in [0, 0.1) is 5.92 Å². The van der Waals surface area contributed by atoms with Crippen molar-refractivity contribution in [2.24, 2.45) is 5.92 Å². The van der Waals surface area contributed by atoms with Crippen molar-refractivity contribution in [2.75, 3.05) is 0 Å². The van der Waals surface area contributed by atoms with E-state index in [0.29, 0.717) is 9.90 Å². The predicted molar refractivity (Wildman–Crippen MR) is 93.0 cm³/mol. The summed E-state index contributed by atoms with van der Waals surface area (Å²) in [7, 11) is 0. The minimum Gasteiger partial charge on any atom is -0.302 e. The van der Waals surface area contributed by atoms with E-state index in [2.05, 4.69) is 16.2 Å². The van der Waals surface area contributed by atoms with Gasteiger partial charge in [-0.25, -0.2) is 0 Å². The average Bonchev–Trinajstić information content (AvgIpc) is 2.82. The summed E-state index contributed by atoms with van der Waals surface area (Å²) in [6.07, 6.45) is 0.